The summed E-state index contributed by atoms with van der Waals surface area (Å²) in [6.07, 6.45) is 0.406. The number of aliphatic hydroxyl groups is 1. The molecule has 0 radical (unpaired) electrons. The summed E-state index contributed by atoms with van der Waals surface area (Å²) in [5, 5.41) is 14.4. The third-order valence-corrected chi connectivity index (χ3v) is 4.69. The fourth-order valence-electron chi connectivity index (χ4n) is 2.91. The van der Waals surface area contributed by atoms with Gasteiger partial charge in [0.25, 0.3) is 5.91 Å². The van der Waals surface area contributed by atoms with Gasteiger partial charge in [-0.15, -0.1) is 0 Å². The molecular weight excluding hydrogens is 354 g/mol. The molecule has 6 heteroatoms. The summed E-state index contributed by atoms with van der Waals surface area (Å²) in [5.74, 6) is 0.877. The van der Waals surface area contributed by atoms with Crippen molar-refractivity contribution in [3.05, 3.63) is 59.1 Å². The summed E-state index contributed by atoms with van der Waals surface area (Å²) in [6, 6.07) is 14.1. The first-order chi connectivity index (χ1) is 12.3. The van der Waals surface area contributed by atoms with Crippen LogP contribution in [0.3, 0.4) is 0 Å². The maximum Gasteiger partial charge on any atom is 0.263 e. The minimum Gasteiger partial charge on any atom is -0.493 e. The van der Waals surface area contributed by atoms with E-state index in [1.54, 1.807) is 38.1 Å². The zero-order chi connectivity index (χ0) is 18.8. The number of carbonyl (C=O) groups is 1. The lowest BCUT2D eigenvalue weighted by molar-refractivity contribution is -0.135. The van der Waals surface area contributed by atoms with Crippen LogP contribution in [-0.2, 0) is 10.4 Å². The summed E-state index contributed by atoms with van der Waals surface area (Å²) >= 11 is 5.86. The SMILES string of the molecule is CC(C)(Oc1ccc(Cl)cc1)C(=O)NC[C@]1(O)CCOc2ccccc21. The second-order valence-electron chi connectivity index (χ2n) is 6.88. The van der Waals surface area contributed by atoms with E-state index in [9.17, 15) is 9.90 Å². The molecule has 2 aromatic rings. The van der Waals surface area contributed by atoms with Gasteiger partial charge < -0.3 is 19.9 Å². The van der Waals surface area contributed by atoms with E-state index >= 15 is 0 Å². The van der Waals surface area contributed by atoms with Crippen LogP contribution in [0.5, 0.6) is 11.5 Å². The van der Waals surface area contributed by atoms with Crippen LogP contribution in [0.25, 0.3) is 0 Å². The Hall–Kier alpha value is -2.24. The molecule has 0 aliphatic carbocycles. The maximum absolute atomic E-state index is 12.6. The molecule has 26 heavy (non-hydrogen) atoms. The van der Waals surface area contributed by atoms with Crippen molar-refractivity contribution < 1.29 is 19.4 Å². The zero-order valence-corrected chi connectivity index (χ0v) is 15.5. The quantitative estimate of drug-likeness (QED) is 0.841. The highest BCUT2D eigenvalue weighted by molar-refractivity contribution is 6.30. The van der Waals surface area contributed by atoms with Gasteiger partial charge in [0.1, 0.15) is 17.1 Å². The van der Waals surface area contributed by atoms with Crippen molar-refractivity contribution in [2.75, 3.05) is 13.2 Å². The van der Waals surface area contributed by atoms with Gasteiger partial charge in [0.15, 0.2) is 5.60 Å². The number of benzene rings is 2. The molecular formula is C20H22ClNO4. The van der Waals surface area contributed by atoms with Crippen molar-refractivity contribution in [1.82, 2.24) is 5.32 Å². The number of hydrogen-bond acceptors (Lipinski definition) is 4. The molecule has 1 aliphatic heterocycles. The number of amides is 1. The Morgan fingerprint density at radius 1 is 1.27 bits per heavy atom. The Labute approximate surface area is 157 Å². The summed E-state index contributed by atoms with van der Waals surface area (Å²) in [6.45, 7) is 3.84. The molecule has 0 bridgehead atoms. The highest BCUT2D eigenvalue weighted by Crippen LogP contribution is 2.36. The normalized spacial score (nSPS) is 19.2. The number of halogens is 1. The Balaban J connectivity index is 1.67. The fourth-order valence-corrected chi connectivity index (χ4v) is 3.03. The number of nitrogens with one attached hydrogen (secondary N) is 1. The van der Waals surface area contributed by atoms with Gasteiger partial charge >= 0.3 is 0 Å². The molecule has 0 spiro atoms. The summed E-state index contributed by atoms with van der Waals surface area (Å²) in [4.78, 5) is 12.6. The highest BCUT2D eigenvalue weighted by Gasteiger charge is 2.38. The lowest BCUT2D eigenvalue weighted by Crippen LogP contribution is -2.51. The van der Waals surface area contributed by atoms with Gasteiger partial charge in [-0.2, -0.15) is 0 Å². The van der Waals surface area contributed by atoms with Crippen molar-refractivity contribution in [1.29, 1.82) is 0 Å². The van der Waals surface area contributed by atoms with Crippen molar-refractivity contribution >= 4 is 17.5 Å². The van der Waals surface area contributed by atoms with E-state index in [-0.39, 0.29) is 12.5 Å². The smallest absolute Gasteiger partial charge is 0.263 e. The van der Waals surface area contributed by atoms with Crippen LogP contribution in [0.15, 0.2) is 48.5 Å². The Bertz CT molecular complexity index is 791. The first-order valence-electron chi connectivity index (χ1n) is 8.48. The monoisotopic (exact) mass is 375 g/mol. The van der Waals surface area contributed by atoms with E-state index in [4.69, 9.17) is 21.1 Å². The lowest BCUT2D eigenvalue weighted by atomic mass is 9.88. The number of para-hydroxylation sites is 1. The van der Waals surface area contributed by atoms with E-state index in [1.165, 1.54) is 0 Å². The maximum atomic E-state index is 12.6. The molecule has 1 amide bonds. The molecule has 0 fully saturated rings. The molecule has 0 saturated heterocycles. The second kappa shape index (κ2) is 7.17. The third kappa shape index (κ3) is 3.94. The van der Waals surface area contributed by atoms with Crippen LogP contribution in [0.4, 0.5) is 0 Å². The minimum atomic E-state index is -1.17. The lowest BCUT2D eigenvalue weighted by Gasteiger charge is -2.35. The average molecular weight is 376 g/mol. The molecule has 3 rings (SSSR count). The van der Waals surface area contributed by atoms with Crippen LogP contribution in [0.2, 0.25) is 5.02 Å². The molecule has 2 N–H and O–H groups in total. The first kappa shape index (κ1) is 18.5. The molecule has 0 saturated carbocycles. The predicted octanol–water partition coefficient (Wildman–Crippen LogP) is 3.28. The molecule has 1 aliphatic rings. The van der Waals surface area contributed by atoms with Gasteiger partial charge in [0, 0.05) is 17.0 Å². The van der Waals surface area contributed by atoms with Crippen LogP contribution in [0, 0.1) is 0 Å². The van der Waals surface area contributed by atoms with Gasteiger partial charge in [-0.1, -0.05) is 29.8 Å². The molecule has 1 heterocycles. The van der Waals surface area contributed by atoms with Gasteiger partial charge in [-0.05, 0) is 44.2 Å². The largest absolute Gasteiger partial charge is 0.493 e. The summed E-state index contributed by atoms with van der Waals surface area (Å²) in [7, 11) is 0. The predicted molar refractivity (Wildman–Crippen MR) is 99.6 cm³/mol. The Morgan fingerprint density at radius 2 is 1.96 bits per heavy atom. The number of carbonyl (C=O) groups excluding carboxylic acids is 1. The summed E-state index contributed by atoms with van der Waals surface area (Å²) in [5.41, 5.74) is -1.58. The van der Waals surface area contributed by atoms with Crippen molar-refractivity contribution in [3.8, 4) is 11.5 Å². The fraction of sp³-hybridized carbons (Fsp3) is 0.350. The van der Waals surface area contributed by atoms with E-state index in [1.807, 2.05) is 24.3 Å². The summed E-state index contributed by atoms with van der Waals surface area (Å²) < 4.78 is 11.4. The van der Waals surface area contributed by atoms with Gasteiger partial charge in [-0.25, -0.2) is 0 Å². The van der Waals surface area contributed by atoms with Crippen molar-refractivity contribution in [2.45, 2.75) is 31.5 Å². The Morgan fingerprint density at radius 3 is 2.69 bits per heavy atom. The van der Waals surface area contributed by atoms with Crippen LogP contribution in [0.1, 0.15) is 25.8 Å². The Kier molecular flexibility index (Phi) is 5.12. The number of fused-ring (bicyclic) bond motifs is 1. The highest BCUT2D eigenvalue weighted by atomic mass is 35.5. The topological polar surface area (TPSA) is 67.8 Å². The molecule has 138 valence electrons. The number of hydrogen-bond donors (Lipinski definition) is 2. The van der Waals surface area contributed by atoms with Gasteiger partial charge in [0.2, 0.25) is 0 Å². The molecule has 1 atom stereocenters. The molecule has 2 aromatic carbocycles. The molecule has 0 unspecified atom stereocenters. The van der Waals surface area contributed by atoms with E-state index in [0.717, 1.165) is 0 Å². The number of ether oxygens (including phenoxy) is 2. The zero-order valence-electron chi connectivity index (χ0n) is 14.8. The van der Waals surface area contributed by atoms with Crippen LogP contribution >= 0.6 is 11.6 Å². The standard InChI is InChI=1S/C20H22ClNO4/c1-19(2,26-15-9-7-14(21)8-10-15)18(23)22-13-20(24)11-12-25-17-6-4-3-5-16(17)20/h3-10,24H,11-13H2,1-2H3,(H,22,23)/t20-/m1/s1. The van der Waals surface area contributed by atoms with Crippen molar-refractivity contribution in [3.63, 3.8) is 0 Å². The van der Waals surface area contributed by atoms with E-state index in [2.05, 4.69) is 5.32 Å². The van der Waals surface area contributed by atoms with Crippen LogP contribution < -0.4 is 14.8 Å². The minimum absolute atomic E-state index is 0.0830. The number of rotatable bonds is 5. The van der Waals surface area contributed by atoms with Gasteiger partial charge in [0.05, 0.1) is 13.2 Å². The average Bonchev–Trinajstić information content (AvgIpc) is 2.62. The molecule has 0 aromatic heterocycles. The van der Waals surface area contributed by atoms with E-state index in [0.29, 0.717) is 35.1 Å². The molecule has 5 nitrogen and oxygen atoms in total. The van der Waals surface area contributed by atoms with Crippen molar-refractivity contribution in [2.24, 2.45) is 0 Å². The van der Waals surface area contributed by atoms with Gasteiger partial charge in [-0.3, -0.25) is 4.79 Å². The van der Waals surface area contributed by atoms with E-state index < -0.39 is 11.2 Å². The van der Waals surface area contributed by atoms with Crippen LogP contribution in [-0.4, -0.2) is 29.8 Å². The third-order valence-electron chi connectivity index (χ3n) is 4.44. The first-order valence-corrected chi connectivity index (χ1v) is 8.86. The second-order valence-corrected chi connectivity index (χ2v) is 7.31.